The molecule has 2 saturated carbocycles. The van der Waals surface area contributed by atoms with Gasteiger partial charge in [0, 0.05) is 36.4 Å². The molecule has 4 unspecified atom stereocenters. The lowest BCUT2D eigenvalue weighted by Gasteiger charge is -2.21. The number of aliphatic hydroxyl groups excluding tert-OH is 2. The number of aliphatic hydroxyl groups is 2. The number of rotatable bonds is 4. The second kappa shape index (κ2) is 5.15. The molecule has 0 aliphatic heterocycles. The summed E-state index contributed by atoms with van der Waals surface area (Å²) in [5, 5.41) is 19.3. The highest BCUT2D eigenvalue weighted by atomic mass is 16.3. The fraction of sp³-hybridized carbons (Fsp3) is 0.714. The van der Waals surface area contributed by atoms with E-state index in [1.165, 1.54) is 12.8 Å². The monoisotopic (exact) mass is 263 g/mol. The van der Waals surface area contributed by atoms with Gasteiger partial charge in [0.25, 0.3) is 0 Å². The number of nitrogens with zero attached hydrogens (tertiary/aromatic N) is 2. The molecule has 0 saturated heterocycles. The topological polar surface area (TPSA) is 92.3 Å². The lowest BCUT2D eigenvalue weighted by Crippen LogP contribution is -2.31. The van der Waals surface area contributed by atoms with Crippen molar-refractivity contribution < 1.29 is 10.2 Å². The van der Waals surface area contributed by atoms with E-state index < -0.39 is 6.10 Å². The SMILES string of the molecule is NC1CC(O)C(CO)C1Cc1ccnc(C2CC2)n1. The molecule has 2 fully saturated rings. The van der Waals surface area contributed by atoms with Crippen molar-refractivity contribution in [1.29, 1.82) is 0 Å². The fourth-order valence-electron chi connectivity index (χ4n) is 3.10. The Morgan fingerprint density at radius 2 is 2.11 bits per heavy atom. The van der Waals surface area contributed by atoms with Gasteiger partial charge in [0.1, 0.15) is 5.82 Å². The van der Waals surface area contributed by atoms with Crippen molar-refractivity contribution in [2.24, 2.45) is 17.6 Å². The molecule has 2 aliphatic rings. The van der Waals surface area contributed by atoms with Crippen molar-refractivity contribution in [1.82, 2.24) is 9.97 Å². The summed E-state index contributed by atoms with van der Waals surface area (Å²) in [6.45, 7) is -0.0138. The summed E-state index contributed by atoms with van der Waals surface area (Å²) in [6, 6.07) is 1.85. The van der Waals surface area contributed by atoms with E-state index in [1.807, 2.05) is 6.07 Å². The molecule has 104 valence electrons. The fourth-order valence-corrected chi connectivity index (χ4v) is 3.10. The smallest absolute Gasteiger partial charge is 0.131 e. The summed E-state index contributed by atoms with van der Waals surface area (Å²) in [5.74, 6) is 1.44. The second-order valence-electron chi connectivity index (χ2n) is 5.86. The molecule has 1 aromatic rings. The van der Waals surface area contributed by atoms with Crippen LogP contribution in [0.25, 0.3) is 0 Å². The maximum Gasteiger partial charge on any atom is 0.131 e. The van der Waals surface area contributed by atoms with Gasteiger partial charge in [-0.25, -0.2) is 9.97 Å². The van der Waals surface area contributed by atoms with Crippen LogP contribution in [0, 0.1) is 11.8 Å². The summed E-state index contributed by atoms with van der Waals surface area (Å²) >= 11 is 0. The van der Waals surface area contributed by atoms with Crippen molar-refractivity contribution in [3.63, 3.8) is 0 Å². The Morgan fingerprint density at radius 3 is 2.79 bits per heavy atom. The van der Waals surface area contributed by atoms with Gasteiger partial charge in [-0.1, -0.05) is 0 Å². The molecule has 1 heterocycles. The van der Waals surface area contributed by atoms with E-state index in [1.54, 1.807) is 6.20 Å². The third-order valence-corrected chi connectivity index (χ3v) is 4.44. The molecule has 5 heteroatoms. The average molecular weight is 263 g/mol. The van der Waals surface area contributed by atoms with Crippen LogP contribution < -0.4 is 5.73 Å². The molecule has 4 atom stereocenters. The zero-order valence-electron chi connectivity index (χ0n) is 10.9. The minimum Gasteiger partial charge on any atom is -0.396 e. The van der Waals surface area contributed by atoms with Crippen molar-refractivity contribution in [2.45, 2.75) is 43.7 Å². The lowest BCUT2D eigenvalue weighted by atomic mass is 9.89. The largest absolute Gasteiger partial charge is 0.396 e. The van der Waals surface area contributed by atoms with Gasteiger partial charge in [0.15, 0.2) is 0 Å². The van der Waals surface area contributed by atoms with Gasteiger partial charge in [-0.2, -0.15) is 0 Å². The first kappa shape index (κ1) is 13.0. The van der Waals surface area contributed by atoms with Crippen LogP contribution >= 0.6 is 0 Å². The van der Waals surface area contributed by atoms with E-state index in [9.17, 15) is 10.2 Å². The number of hydrogen-bond donors (Lipinski definition) is 3. The van der Waals surface area contributed by atoms with Crippen molar-refractivity contribution in [3.05, 3.63) is 23.8 Å². The molecule has 0 spiro atoms. The number of nitrogens with two attached hydrogens (primary N) is 1. The zero-order chi connectivity index (χ0) is 13.4. The first-order valence-corrected chi connectivity index (χ1v) is 7.05. The lowest BCUT2D eigenvalue weighted by molar-refractivity contribution is 0.0718. The third kappa shape index (κ3) is 2.63. The van der Waals surface area contributed by atoms with Gasteiger partial charge < -0.3 is 15.9 Å². The average Bonchev–Trinajstić information content (AvgIpc) is 3.19. The molecule has 0 radical (unpaired) electrons. The van der Waals surface area contributed by atoms with Crippen LogP contribution in [0.5, 0.6) is 0 Å². The van der Waals surface area contributed by atoms with E-state index in [-0.39, 0.29) is 24.5 Å². The molecule has 1 aromatic heterocycles. The highest BCUT2D eigenvalue weighted by Gasteiger charge is 2.40. The maximum atomic E-state index is 9.89. The molecule has 2 aliphatic carbocycles. The Kier molecular flexibility index (Phi) is 3.52. The Balaban J connectivity index is 1.74. The summed E-state index contributed by atoms with van der Waals surface area (Å²) in [7, 11) is 0. The Hall–Kier alpha value is -1.04. The molecule has 0 aromatic carbocycles. The van der Waals surface area contributed by atoms with Crippen molar-refractivity contribution in [2.75, 3.05) is 6.61 Å². The molecular formula is C14H21N3O2. The molecule has 5 nitrogen and oxygen atoms in total. The molecule has 0 bridgehead atoms. The molecular weight excluding hydrogens is 242 g/mol. The van der Waals surface area contributed by atoms with Gasteiger partial charge in [0.05, 0.1) is 6.10 Å². The summed E-state index contributed by atoms with van der Waals surface area (Å²) in [4.78, 5) is 8.90. The minimum absolute atomic E-state index is 0.0138. The van der Waals surface area contributed by atoms with Crippen LogP contribution in [0.1, 0.15) is 36.7 Å². The van der Waals surface area contributed by atoms with Gasteiger partial charge in [-0.3, -0.25) is 0 Å². The summed E-state index contributed by atoms with van der Waals surface area (Å²) in [6.07, 6.45) is 4.97. The van der Waals surface area contributed by atoms with Crippen LogP contribution in [-0.4, -0.2) is 38.9 Å². The molecule has 4 N–H and O–H groups in total. The van der Waals surface area contributed by atoms with Gasteiger partial charge >= 0.3 is 0 Å². The quantitative estimate of drug-likeness (QED) is 0.722. The van der Waals surface area contributed by atoms with Crippen LogP contribution in [0.15, 0.2) is 12.3 Å². The maximum absolute atomic E-state index is 9.89. The number of aromatic nitrogens is 2. The van der Waals surface area contributed by atoms with E-state index >= 15 is 0 Å². The normalized spacial score (nSPS) is 34.7. The van der Waals surface area contributed by atoms with Gasteiger partial charge in [-0.05, 0) is 37.7 Å². The summed E-state index contributed by atoms with van der Waals surface area (Å²) in [5.41, 5.74) is 7.06. The van der Waals surface area contributed by atoms with E-state index in [0.29, 0.717) is 18.8 Å². The van der Waals surface area contributed by atoms with E-state index in [0.717, 1.165) is 11.5 Å². The van der Waals surface area contributed by atoms with E-state index in [2.05, 4.69) is 9.97 Å². The van der Waals surface area contributed by atoms with Crippen LogP contribution in [0.4, 0.5) is 0 Å². The zero-order valence-corrected chi connectivity index (χ0v) is 10.9. The van der Waals surface area contributed by atoms with Crippen LogP contribution in [0.3, 0.4) is 0 Å². The van der Waals surface area contributed by atoms with Crippen molar-refractivity contribution >= 4 is 0 Å². The Bertz CT molecular complexity index is 450. The van der Waals surface area contributed by atoms with E-state index in [4.69, 9.17) is 5.73 Å². The molecule has 0 amide bonds. The standard InChI is InChI=1S/C14H21N3O2/c15-12-6-13(19)11(7-18)10(12)5-9-3-4-16-14(17-9)8-1-2-8/h3-4,8,10-13,18-19H,1-2,5-7,15H2. The third-order valence-electron chi connectivity index (χ3n) is 4.44. The highest BCUT2D eigenvalue weighted by molar-refractivity contribution is 5.12. The highest BCUT2D eigenvalue weighted by Crippen LogP contribution is 2.38. The predicted octanol–water partition coefficient (Wildman–Crippen LogP) is 0.213. The summed E-state index contributed by atoms with van der Waals surface area (Å²) < 4.78 is 0. The Labute approximate surface area is 112 Å². The van der Waals surface area contributed by atoms with Crippen LogP contribution in [0.2, 0.25) is 0 Å². The molecule has 3 rings (SSSR count). The van der Waals surface area contributed by atoms with Gasteiger partial charge in [0.2, 0.25) is 0 Å². The van der Waals surface area contributed by atoms with Crippen LogP contribution in [-0.2, 0) is 6.42 Å². The van der Waals surface area contributed by atoms with Crippen molar-refractivity contribution in [3.8, 4) is 0 Å². The number of hydrogen-bond acceptors (Lipinski definition) is 5. The first-order chi connectivity index (χ1) is 9.19. The molecule has 19 heavy (non-hydrogen) atoms. The second-order valence-corrected chi connectivity index (χ2v) is 5.86. The van der Waals surface area contributed by atoms with Gasteiger partial charge in [-0.15, -0.1) is 0 Å². The predicted molar refractivity (Wildman–Crippen MR) is 70.4 cm³/mol. The Morgan fingerprint density at radius 1 is 1.32 bits per heavy atom. The minimum atomic E-state index is -0.491. The first-order valence-electron chi connectivity index (χ1n) is 7.05.